The Labute approximate surface area is 132 Å². The Morgan fingerprint density at radius 3 is 2.29 bits per heavy atom. The van der Waals surface area contributed by atoms with E-state index in [9.17, 15) is 14.7 Å². The molecular formula is C15H19BrN2O3. The zero-order valence-electron chi connectivity index (χ0n) is 12.1. The van der Waals surface area contributed by atoms with Crippen LogP contribution >= 0.6 is 15.9 Å². The molecule has 1 aromatic carbocycles. The zero-order chi connectivity index (χ0) is 15.6. The molecule has 6 heteroatoms. The van der Waals surface area contributed by atoms with Gasteiger partial charge in [0.05, 0.1) is 5.41 Å². The van der Waals surface area contributed by atoms with Crippen molar-refractivity contribution in [1.82, 2.24) is 5.32 Å². The van der Waals surface area contributed by atoms with Gasteiger partial charge in [-0.3, -0.25) is 4.79 Å². The number of carbonyl (C=O) groups is 2. The predicted molar refractivity (Wildman–Crippen MR) is 84.6 cm³/mol. The van der Waals surface area contributed by atoms with E-state index in [1.54, 1.807) is 0 Å². The molecule has 0 aromatic heterocycles. The number of amides is 2. The molecule has 0 saturated heterocycles. The first-order chi connectivity index (χ1) is 9.84. The van der Waals surface area contributed by atoms with E-state index in [-0.39, 0.29) is 12.6 Å². The largest absolute Gasteiger partial charge is 0.481 e. The van der Waals surface area contributed by atoms with Gasteiger partial charge in [0.1, 0.15) is 0 Å². The van der Waals surface area contributed by atoms with Crippen LogP contribution in [0, 0.1) is 19.3 Å². The van der Waals surface area contributed by atoms with Crippen LogP contribution in [-0.2, 0) is 4.79 Å². The number of carboxylic acid groups (broad SMARTS) is 1. The Morgan fingerprint density at radius 1 is 1.29 bits per heavy atom. The van der Waals surface area contributed by atoms with Crippen LogP contribution in [0.3, 0.4) is 0 Å². The van der Waals surface area contributed by atoms with Gasteiger partial charge in [-0.2, -0.15) is 0 Å². The maximum absolute atomic E-state index is 12.0. The van der Waals surface area contributed by atoms with Gasteiger partial charge in [-0.05, 0) is 49.9 Å². The van der Waals surface area contributed by atoms with Gasteiger partial charge in [0.25, 0.3) is 0 Å². The van der Waals surface area contributed by atoms with E-state index in [0.717, 1.165) is 27.7 Å². The number of hydrogen-bond donors (Lipinski definition) is 3. The summed E-state index contributed by atoms with van der Waals surface area (Å²) >= 11 is 3.41. The fourth-order valence-corrected chi connectivity index (χ4v) is 3.27. The standard InChI is InChI=1S/C15H19BrN2O3/c1-9-6-11(16)7-10(2)12(9)18-14(21)17-8-15(13(19)20)4-3-5-15/h6-7H,3-5,8H2,1-2H3,(H,19,20)(H2,17,18,21). The van der Waals surface area contributed by atoms with Crippen LogP contribution in [0.25, 0.3) is 0 Å². The van der Waals surface area contributed by atoms with Gasteiger partial charge >= 0.3 is 12.0 Å². The number of hydrogen-bond acceptors (Lipinski definition) is 2. The Kier molecular flexibility index (Phi) is 4.56. The van der Waals surface area contributed by atoms with Crippen LogP contribution in [0.5, 0.6) is 0 Å². The molecule has 21 heavy (non-hydrogen) atoms. The minimum absolute atomic E-state index is 0.169. The molecule has 1 saturated carbocycles. The summed E-state index contributed by atoms with van der Waals surface area (Å²) in [5.41, 5.74) is 1.89. The Balaban J connectivity index is 1.98. The first-order valence-corrected chi connectivity index (χ1v) is 7.68. The Morgan fingerprint density at radius 2 is 1.86 bits per heavy atom. The second-order valence-corrected chi connectivity index (χ2v) is 6.58. The molecule has 1 aromatic rings. The molecule has 0 heterocycles. The van der Waals surface area contributed by atoms with Crippen LogP contribution in [0.1, 0.15) is 30.4 Å². The third-order valence-corrected chi connectivity index (χ3v) is 4.55. The minimum Gasteiger partial charge on any atom is -0.481 e. The predicted octanol–water partition coefficient (Wildman–Crippen LogP) is 3.44. The van der Waals surface area contributed by atoms with Crippen molar-refractivity contribution in [2.45, 2.75) is 33.1 Å². The Bertz CT molecular complexity index is 559. The van der Waals surface area contributed by atoms with Crippen molar-refractivity contribution in [2.24, 2.45) is 5.41 Å². The maximum atomic E-state index is 12.0. The fourth-order valence-electron chi connectivity index (χ4n) is 2.58. The zero-order valence-corrected chi connectivity index (χ0v) is 13.7. The minimum atomic E-state index is -0.829. The molecule has 0 radical (unpaired) electrons. The van der Waals surface area contributed by atoms with Crippen molar-refractivity contribution >= 4 is 33.6 Å². The lowest BCUT2D eigenvalue weighted by Crippen LogP contribution is -2.48. The number of halogens is 1. The number of aryl methyl sites for hydroxylation is 2. The normalized spacial score (nSPS) is 16.0. The van der Waals surface area contributed by atoms with Gasteiger partial charge in [0.15, 0.2) is 0 Å². The van der Waals surface area contributed by atoms with Crippen LogP contribution in [0.4, 0.5) is 10.5 Å². The molecule has 5 nitrogen and oxygen atoms in total. The van der Waals surface area contributed by atoms with Crippen molar-refractivity contribution < 1.29 is 14.7 Å². The van der Waals surface area contributed by atoms with Crippen LogP contribution in [-0.4, -0.2) is 23.7 Å². The van der Waals surface area contributed by atoms with Crippen molar-refractivity contribution in [3.05, 3.63) is 27.7 Å². The lowest BCUT2D eigenvalue weighted by molar-refractivity contribution is -0.153. The van der Waals surface area contributed by atoms with E-state index >= 15 is 0 Å². The highest BCUT2D eigenvalue weighted by atomic mass is 79.9. The molecule has 0 bridgehead atoms. The van der Waals surface area contributed by atoms with Crippen LogP contribution in [0.15, 0.2) is 16.6 Å². The van der Waals surface area contributed by atoms with Gasteiger partial charge < -0.3 is 15.7 Å². The van der Waals surface area contributed by atoms with E-state index in [1.807, 2.05) is 26.0 Å². The van der Waals surface area contributed by atoms with Crippen molar-refractivity contribution in [2.75, 3.05) is 11.9 Å². The van der Waals surface area contributed by atoms with E-state index in [1.165, 1.54) is 0 Å². The van der Waals surface area contributed by atoms with Gasteiger partial charge in [-0.15, -0.1) is 0 Å². The van der Waals surface area contributed by atoms with E-state index < -0.39 is 11.4 Å². The third-order valence-electron chi connectivity index (χ3n) is 4.09. The summed E-state index contributed by atoms with van der Waals surface area (Å²) < 4.78 is 0.961. The number of rotatable bonds is 4. The average molecular weight is 355 g/mol. The molecule has 3 N–H and O–H groups in total. The summed E-state index contributed by atoms with van der Waals surface area (Å²) in [5.74, 6) is -0.829. The molecule has 2 amide bonds. The summed E-state index contributed by atoms with van der Waals surface area (Å²) in [6, 6.07) is 3.48. The number of anilines is 1. The van der Waals surface area contributed by atoms with E-state index in [2.05, 4.69) is 26.6 Å². The van der Waals surface area contributed by atoms with Gasteiger partial charge in [-0.25, -0.2) is 4.79 Å². The highest BCUT2D eigenvalue weighted by Crippen LogP contribution is 2.40. The molecular weight excluding hydrogens is 336 g/mol. The van der Waals surface area contributed by atoms with Crippen molar-refractivity contribution in [3.8, 4) is 0 Å². The molecule has 0 unspecified atom stereocenters. The number of benzene rings is 1. The van der Waals surface area contributed by atoms with Gasteiger partial charge in [-0.1, -0.05) is 22.4 Å². The monoisotopic (exact) mass is 354 g/mol. The maximum Gasteiger partial charge on any atom is 0.319 e. The second kappa shape index (κ2) is 6.05. The molecule has 0 spiro atoms. The van der Waals surface area contributed by atoms with Crippen LogP contribution < -0.4 is 10.6 Å². The van der Waals surface area contributed by atoms with Gasteiger partial charge in [0, 0.05) is 16.7 Å². The first kappa shape index (κ1) is 15.8. The smallest absolute Gasteiger partial charge is 0.319 e. The first-order valence-electron chi connectivity index (χ1n) is 6.89. The molecule has 1 aliphatic carbocycles. The summed E-state index contributed by atoms with van der Waals surface area (Å²) in [6.45, 7) is 4.00. The number of carboxylic acids is 1. The molecule has 0 aliphatic heterocycles. The van der Waals surface area contributed by atoms with Crippen molar-refractivity contribution in [1.29, 1.82) is 0 Å². The lowest BCUT2D eigenvalue weighted by Gasteiger charge is -2.37. The molecule has 114 valence electrons. The SMILES string of the molecule is Cc1cc(Br)cc(C)c1NC(=O)NCC1(C(=O)O)CCC1. The van der Waals surface area contributed by atoms with E-state index in [0.29, 0.717) is 12.8 Å². The number of aliphatic carboxylic acids is 1. The number of urea groups is 1. The van der Waals surface area contributed by atoms with Crippen molar-refractivity contribution in [3.63, 3.8) is 0 Å². The number of carbonyl (C=O) groups excluding carboxylic acids is 1. The Hall–Kier alpha value is -1.56. The summed E-state index contributed by atoms with van der Waals surface area (Å²) in [7, 11) is 0. The summed E-state index contributed by atoms with van der Waals surface area (Å²) in [6.07, 6.45) is 2.15. The van der Waals surface area contributed by atoms with Gasteiger partial charge in [0.2, 0.25) is 0 Å². The highest BCUT2D eigenvalue weighted by molar-refractivity contribution is 9.10. The third kappa shape index (κ3) is 3.37. The number of nitrogens with one attached hydrogen (secondary N) is 2. The topological polar surface area (TPSA) is 78.4 Å². The molecule has 1 fully saturated rings. The summed E-state index contributed by atoms with van der Waals surface area (Å²) in [5, 5.41) is 14.7. The molecule has 1 aliphatic rings. The quantitative estimate of drug-likeness (QED) is 0.774. The fraction of sp³-hybridized carbons (Fsp3) is 0.467. The molecule has 0 atom stereocenters. The highest BCUT2D eigenvalue weighted by Gasteiger charge is 2.44. The second-order valence-electron chi connectivity index (χ2n) is 5.66. The van der Waals surface area contributed by atoms with Crippen LogP contribution in [0.2, 0.25) is 0 Å². The average Bonchev–Trinajstić information content (AvgIpc) is 2.31. The molecule has 2 rings (SSSR count). The lowest BCUT2D eigenvalue weighted by atomic mass is 9.69. The summed E-state index contributed by atoms with van der Waals surface area (Å²) in [4.78, 5) is 23.2. The van der Waals surface area contributed by atoms with E-state index in [4.69, 9.17) is 0 Å².